The molecule has 2 rings (SSSR count). The lowest BCUT2D eigenvalue weighted by molar-refractivity contribution is 0.193. The molecule has 1 aliphatic rings. The summed E-state index contributed by atoms with van der Waals surface area (Å²) in [5.74, 6) is 0.778. The van der Waals surface area contributed by atoms with Crippen LogP contribution in [-0.2, 0) is 4.74 Å². The number of nitrogens with zero attached hydrogens (tertiary/aromatic N) is 3. The summed E-state index contributed by atoms with van der Waals surface area (Å²) < 4.78 is 5.38. The molecule has 0 bridgehead atoms. The molecular weight excluding hydrogens is 214 g/mol. The lowest BCUT2D eigenvalue weighted by Crippen LogP contribution is -2.33. The van der Waals surface area contributed by atoms with Gasteiger partial charge < -0.3 is 9.64 Å². The maximum atomic E-state index is 9.23. The molecule has 0 amide bonds. The van der Waals surface area contributed by atoms with Gasteiger partial charge in [-0.1, -0.05) is 0 Å². The van der Waals surface area contributed by atoms with Gasteiger partial charge in [-0.25, -0.2) is 4.98 Å². The lowest BCUT2D eigenvalue weighted by Gasteiger charge is -2.26. The van der Waals surface area contributed by atoms with Gasteiger partial charge in [-0.3, -0.25) is 0 Å². The Bertz CT molecular complexity index is 458. The predicted octanol–water partition coefficient (Wildman–Crippen LogP) is 1.80. The second-order valence-electron chi connectivity index (χ2n) is 4.52. The standard InChI is InChI=1S/C13H17N3O/c1-9-6-10(2)15-13(12(9)7-14)16(3)11-4-5-17-8-11/h6,11H,4-5,8H2,1-3H3. The van der Waals surface area contributed by atoms with Crippen LogP contribution in [0.4, 0.5) is 5.82 Å². The highest BCUT2D eigenvalue weighted by molar-refractivity contribution is 5.58. The molecule has 4 nitrogen and oxygen atoms in total. The van der Waals surface area contributed by atoms with Crippen molar-refractivity contribution >= 4 is 5.82 Å². The van der Waals surface area contributed by atoms with Crippen molar-refractivity contribution in [1.82, 2.24) is 4.98 Å². The summed E-state index contributed by atoms with van der Waals surface area (Å²) in [6, 6.07) is 4.53. The summed E-state index contributed by atoms with van der Waals surface area (Å²) >= 11 is 0. The van der Waals surface area contributed by atoms with Crippen LogP contribution in [0.2, 0.25) is 0 Å². The van der Waals surface area contributed by atoms with Crippen LogP contribution in [0.15, 0.2) is 6.07 Å². The Morgan fingerprint density at radius 1 is 1.53 bits per heavy atom. The zero-order chi connectivity index (χ0) is 12.4. The highest BCUT2D eigenvalue weighted by Crippen LogP contribution is 2.24. The van der Waals surface area contributed by atoms with E-state index in [1.165, 1.54) is 0 Å². The second kappa shape index (κ2) is 4.72. The third-order valence-corrected chi connectivity index (χ3v) is 3.22. The van der Waals surface area contributed by atoms with Crippen molar-refractivity contribution in [2.75, 3.05) is 25.2 Å². The van der Waals surface area contributed by atoms with E-state index in [1.807, 2.05) is 27.0 Å². The van der Waals surface area contributed by atoms with Gasteiger partial charge in [0.2, 0.25) is 0 Å². The Morgan fingerprint density at radius 2 is 2.29 bits per heavy atom. The monoisotopic (exact) mass is 231 g/mol. The van der Waals surface area contributed by atoms with Crippen molar-refractivity contribution in [3.63, 3.8) is 0 Å². The minimum absolute atomic E-state index is 0.329. The first-order chi connectivity index (χ1) is 8.13. The van der Waals surface area contributed by atoms with E-state index in [-0.39, 0.29) is 0 Å². The number of rotatable bonds is 2. The second-order valence-corrected chi connectivity index (χ2v) is 4.52. The molecular formula is C13H17N3O. The van der Waals surface area contributed by atoms with E-state index in [2.05, 4.69) is 16.0 Å². The first kappa shape index (κ1) is 11.9. The summed E-state index contributed by atoms with van der Waals surface area (Å²) in [6.07, 6.45) is 0.996. The van der Waals surface area contributed by atoms with E-state index < -0.39 is 0 Å². The molecule has 0 saturated carbocycles. The van der Waals surface area contributed by atoms with Gasteiger partial charge in [-0.15, -0.1) is 0 Å². The highest BCUT2D eigenvalue weighted by Gasteiger charge is 2.24. The van der Waals surface area contributed by atoms with Crippen molar-refractivity contribution < 1.29 is 4.74 Å². The van der Waals surface area contributed by atoms with E-state index in [0.29, 0.717) is 11.6 Å². The largest absolute Gasteiger partial charge is 0.379 e. The fourth-order valence-electron chi connectivity index (χ4n) is 2.21. The zero-order valence-electron chi connectivity index (χ0n) is 10.5. The first-order valence-corrected chi connectivity index (χ1v) is 5.82. The normalized spacial score (nSPS) is 19.1. The number of nitriles is 1. The van der Waals surface area contributed by atoms with Crippen molar-refractivity contribution in [3.8, 4) is 6.07 Å². The summed E-state index contributed by atoms with van der Waals surface area (Å²) in [4.78, 5) is 6.57. The van der Waals surface area contributed by atoms with Gasteiger partial charge in [0.05, 0.1) is 18.2 Å². The summed E-state index contributed by atoms with van der Waals surface area (Å²) in [7, 11) is 1.99. The van der Waals surface area contributed by atoms with Crippen molar-refractivity contribution in [2.24, 2.45) is 0 Å². The molecule has 1 fully saturated rings. The van der Waals surface area contributed by atoms with E-state index >= 15 is 0 Å². The van der Waals surface area contributed by atoms with Crippen molar-refractivity contribution in [3.05, 3.63) is 22.9 Å². The number of anilines is 1. The topological polar surface area (TPSA) is 49.2 Å². The van der Waals surface area contributed by atoms with Gasteiger partial charge in [0.15, 0.2) is 0 Å². The fraction of sp³-hybridized carbons (Fsp3) is 0.538. The molecule has 1 aromatic heterocycles. The Balaban J connectivity index is 2.39. The van der Waals surface area contributed by atoms with Crippen LogP contribution in [0.3, 0.4) is 0 Å². The molecule has 1 aromatic rings. The average molecular weight is 231 g/mol. The van der Waals surface area contributed by atoms with Gasteiger partial charge in [-0.05, 0) is 31.9 Å². The van der Waals surface area contributed by atoms with Crippen LogP contribution in [0.1, 0.15) is 23.2 Å². The summed E-state index contributed by atoms with van der Waals surface area (Å²) in [5.41, 5.74) is 2.60. The van der Waals surface area contributed by atoms with Gasteiger partial charge >= 0.3 is 0 Å². The number of likely N-dealkylation sites (N-methyl/N-ethyl adjacent to an activating group) is 1. The SMILES string of the molecule is Cc1cc(C)c(C#N)c(N(C)C2CCOC2)n1. The number of aromatic nitrogens is 1. The van der Waals surface area contributed by atoms with Crippen LogP contribution in [0.5, 0.6) is 0 Å². The molecule has 2 heterocycles. The van der Waals surface area contributed by atoms with Crippen molar-refractivity contribution in [2.45, 2.75) is 26.3 Å². The van der Waals surface area contributed by atoms with Gasteiger partial charge in [0.1, 0.15) is 11.9 Å². The highest BCUT2D eigenvalue weighted by atomic mass is 16.5. The summed E-state index contributed by atoms with van der Waals surface area (Å²) in [6.45, 7) is 5.42. The van der Waals surface area contributed by atoms with E-state index in [4.69, 9.17) is 4.74 Å². The maximum absolute atomic E-state index is 9.23. The van der Waals surface area contributed by atoms with Gasteiger partial charge in [0, 0.05) is 19.3 Å². The number of hydrogen-bond donors (Lipinski definition) is 0. The number of aryl methyl sites for hydroxylation is 2. The molecule has 1 aliphatic heterocycles. The molecule has 1 saturated heterocycles. The number of ether oxygens (including phenoxy) is 1. The fourth-order valence-corrected chi connectivity index (χ4v) is 2.21. The van der Waals surface area contributed by atoms with E-state index in [9.17, 15) is 5.26 Å². The minimum Gasteiger partial charge on any atom is -0.379 e. The Kier molecular flexibility index (Phi) is 3.30. The van der Waals surface area contributed by atoms with Gasteiger partial charge in [0.25, 0.3) is 0 Å². The third-order valence-electron chi connectivity index (χ3n) is 3.22. The number of pyridine rings is 1. The molecule has 90 valence electrons. The number of hydrogen-bond acceptors (Lipinski definition) is 4. The maximum Gasteiger partial charge on any atom is 0.147 e. The minimum atomic E-state index is 0.329. The predicted molar refractivity (Wildman–Crippen MR) is 66.1 cm³/mol. The van der Waals surface area contributed by atoms with Gasteiger partial charge in [-0.2, -0.15) is 5.26 Å². The molecule has 0 aliphatic carbocycles. The molecule has 1 unspecified atom stereocenters. The Labute approximate surface area is 102 Å². The van der Waals surface area contributed by atoms with Crippen LogP contribution in [0, 0.1) is 25.2 Å². The molecule has 0 radical (unpaired) electrons. The average Bonchev–Trinajstić information content (AvgIpc) is 2.80. The smallest absolute Gasteiger partial charge is 0.147 e. The van der Waals surface area contributed by atoms with Crippen LogP contribution in [0.25, 0.3) is 0 Å². The van der Waals surface area contributed by atoms with Crippen LogP contribution in [-0.4, -0.2) is 31.3 Å². The van der Waals surface area contributed by atoms with Crippen molar-refractivity contribution in [1.29, 1.82) is 5.26 Å². The molecule has 17 heavy (non-hydrogen) atoms. The molecule has 1 atom stereocenters. The quantitative estimate of drug-likeness (QED) is 0.778. The van der Waals surface area contributed by atoms with E-state index in [0.717, 1.165) is 36.7 Å². The molecule has 0 spiro atoms. The third kappa shape index (κ3) is 2.25. The zero-order valence-corrected chi connectivity index (χ0v) is 10.5. The van der Waals surface area contributed by atoms with Crippen LogP contribution >= 0.6 is 0 Å². The molecule has 4 heteroatoms. The summed E-state index contributed by atoms with van der Waals surface area (Å²) in [5, 5.41) is 9.23. The first-order valence-electron chi connectivity index (χ1n) is 5.82. The molecule has 0 N–H and O–H groups in total. The van der Waals surface area contributed by atoms with E-state index in [1.54, 1.807) is 0 Å². The Hall–Kier alpha value is -1.60. The van der Waals surface area contributed by atoms with Crippen LogP contribution < -0.4 is 4.90 Å². The Morgan fingerprint density at radius 3 is 2.88 bits per heavy atom. The lowest BCUT2D eigenvalue weighted by atomic mass is 10.1. The molecule has 0 aromatic carbocycles.